The number of aryl methyl sites for hydroxylation is 1. The van der Waals surface area contributed by atoms with E-state index in [2.05, 4.69) is 15.3 Å². The summed E-state index contributed by atoms with van der Waals surface area (Å²) >= 11 is 0. The lowest BCUT2D eigenvalue weighted by Gasteiger charge is -2.21. The van der Waals surface area contributed by atoms with Crippen LogP contribution in [0.25, 0.3) is 11.5 Å². The summed E-state index contributed by atoms with van der Waals surface area (Å²) in [6, 6.07) is 7.05. The molecule has 3 aromatic rings. The lowest BCUT2D eigenvalue weighted by atomic mass is 10.2. The molecule has 10 heteroatoms. The zero-order chi connectivity index (χ0) is 23.9. The van der Waals surface area contributed by atoms with Crippen LogP contribution in [0.4, 0.5) is 11.5 Å². The number of hydrogen-bond acceptors (Lipinski definition) is 9. The van der Waals surface area contributed by atoms with Crippen molar-refractivity contribution in [2.24, 2.45) is 0 Å². The van der Waals surface area contributed by atoms with E-state index in [1.807, 2.05) is 18.0 Å². The number of amides is 1. The lowest BCUT2D eigenvalue weighted by Crippen LogP contribution is -2.31. The first kappa shape index (κ1) is 23.4. The molecule has 1 aliphatic rings. The smallest absolute Gasteiger partial charge is 0.243 e. The van der Waals surface area contributed by atoms with Gasteiger partial charge in [0.05, 0.1) is 32.1 Å². The SMILES string of the molecule is COCCOc1ccnc(-c2nc3c(c(N(C)CC(=O)Nc4ccc(OC)nc4)n2)CCC3)c1. The van der Waals surface area contributed by atoms with Crippen molar-refractivity contribution in [1.82, 2.24) is 19.9 Å². The molecule has 0 spiro atoms. The highest BCUT2D eigenvalue weighted by Gasteiger charge is 2.23. The number of hydrogen-bond donors (Lipinski definition) is 1. The van der Waals surface area contributed by atoms with Gasteiger partial charge in [-0.1, -0.05) is 0 Å². The van der Waals surface area contributed by atoms with Gasteiger partial charge in [0.15, 0.2) is 5.82 Å². The number of methoxy groups -OCH3 is 2. The number of pyridine rings is 2. The van der Waals surface area contributed by atoms with Gasteiger partial charge in [-0.15, -0.1) is 0 Å². The molecule has 178 valence electrons. The maximum absolute atomic E-state index is 12.7. The Morgan fingerprint density at radius 1 is 1.12 bits per heavy atom. The highest BCUT2D eigenvalue weighted by Crippen LogP contribution is 2.31. The van der Waals surface area contributed by atoms with Crippen molar-refractivity contribution in [2.75, 3.05) is 51.2 Å². The van der Waals surface area contributed by atoms with Crippen molar-refractivity contribution < 1.29 is 19.0 Å². The minimum atomic E-state index is -0.173. The molecule has 4 rings (SSSR count). The Kier molecular flexibility index (Phi) is 7.48. The van der Waals surface area contributed by atoms with Crippen LogP contribution in [0.3, 0.4) is 0 Å². The summed E-state index contributed by atoms with van der Waals surface area (Å²) in [4.78, 5) is 32.7. The van der Waals surface area contributed by atoms with Gasteiger partial charge in [-0.05, 0) is 31.4 Å². The van der Waals surface area contributed by atoms with Crippen LogP contribution in [0.2, 0.25) is 0 Å². The first-order valence-corrected chi connectivity index (χ1v) is 11.1. The fourth-order valence-corrected chi connectivity index (χ4v) is 3.77. The van der Waals surface area contributed by atoms with Crippen LogP contribution >= 0.6 is 0 Å². The summed E-state index contributed by atoms with van der Waals surface area (Å²) < 4.78 is 15.8. The number of fused-ring (bicyclic) bond motifs is 1. The summed E-state index contributed by atoms with van der Waals surface area (Å²) in [5.41, 5.74) is 3.30. The highest BCUT2D eigenvalue weighted by atomic mass is 16.5. The van der Waals surface area contributed by atoms with E-state index in [1.165, 1.54) is 0 Å². The van der Waals surface area contributed by atoms with E-state index < -0.39 is 0 Å². The van der Waals surface area contributed by atoms with E-state index in [-0.39, 0.29) is 12.5 Å². The van der Waals surface area contributed by atoms with Crippen molar-refractivity contribution in [3.8, 4) is 23.1 Å². The monoisotopic (exact) mass is 464 g/mol. The third-order valence-corrected chi connectivity index (χ3v) is 5.40. The van der Waals surface area contributed by atoms with Crippen molar-refractivity contribution in [3.63, 3.8) is 0 Å². The fourth-order valence-electron chi connectivity index (χ4n) is 3.77. The maximum atomic E-state index is 12.7. The Bertz CT molecular complexity index is 1140. The van der Waals surface area contributed by atoms with Gasteiger partial charge in [-0.3, -0.25) is 9.78 Å². The van der Waals surface area contributed by atoms with Gasteiger partial charge in [-0.25, -0.2) is 15.0 Å². The quantitative estimate of drug-likeness (QED) is 0.452. The van der Waals surface area contributed by atoms with Crippen LogP contribution in [-0.4, -0.2) is 66.9 Å². The predicted molar refractivity (Wildman–Crippen MR) is 127 cm³/mol. The Morgan fingerprint density at radius 2 is 2.00 bits per heavy atom. The standard InChI is InChI=1S/C24H28N6O4/c1-30(15-21(31)27-16-7-8-22(33-3)26-14-16)24-18-5-4-6-19(18)28-23(29-24)20-13-17(9-10-25-20)34-12-11-32-2/h7-10,13-14H,4-6,11-12,15H2,1-3H3,(H,27,31). The zero-order valence-corrected chi connectivity index (χ0v) is 19.6. The van der Waals surface area contributed by atoms with Crippen LogP contribution in [-0.2, 0) is 22.4 Å². The second-order valence-corrected chi connectivity index (χ2v) is 7.86. The van der Waals surface area contributed by atoms with Gasteiger partial charge in [0.2, 0.25) is 11.8 Å². The Hall–Kier alpha value is -3.79. The molecule has 0 unspecified atom stereocenters. The number of rotatable bonds is 10. The molecule has 0 saturated carbocycles. The molecule has 0 aromatic carbocycles. The van der Waals surface area contributed by atoms with Gasteiger partial charge in [0, 0.05) is 43.7 Å². The molecule has 1 aliphatic carbocycles. The van der Waals surface area contributed by atoms with Crippen molar-refractivity contribution in [3.05, 3.63) is 47.9 Å². The third kappa shape index (κ3) is 5.57. The number of carbonyl (C=O) groups excluding carboxylic acids is 1. The number of nitrogens with zero attached hydrogens (tertiary/aromatic N) is 5. The van der Waals surface area contributed by atoms with Gasteiger partial charge in [0.1, 0.15) is 23.9 Å². The average molecular weight is 465 g/mol. The molecule has 1 N–H and O–H groups in total. The first-order valence-electron chi connectivity index (χ1n) is 11.1. The molecule has 0 radical (unpaired) electrons. The second-order valence-electron chi connectivity index (χ2n) is 7.86. The fraction of sp³-hybridized carbons (Fsp3) is 0.375. The van der Waals surface area contributed by atoms with Gasteiger partial charge < -0.3 is 24.4 Å². The van der Waals surface area contributed by atoms with Gasteiger partial charge in [0.25, 0.3) is 0 Å². The number of nitrogens with one attached hydrogen (secondary N) is 1. The first-order chi connectivity index (χ1) is 16.6. The number of aromatic nitrogens is 4. The summed E-state index contributed by atoms with van der Waals surface area (Å²) in [6.07, 6.45) is 6.00. The molecule has 10 nitrogen and oxygen atoms in total. The zero-order valence-electron chi connectivity index (χ0n) is 19.6. The van der Waals surface area contributed by atoms with E-state index >= 15 is 0 Å². The minimum Gasteiger partial charge on any atom is -0.491 e. The van der Waals surface area contributed by atoms with E-state index in [1.54, 1.807) is 44.8 Å². The lowest BCUT2D eigenvalue weighted by molar-refractivity contribution is -0.114. The van der Waals surface area contributed by atoms with Crippen molar-refractivity contribution in [2.45, 2.75) is 19.3 Å². The Morgan fingerprint density at radius 3 is 2.76 bits per heavy atom. The molecule has 3 aromatic heterocycles. The summed E-state index contributed by atoms with van der Waals surface area (Å²) in [5.74, 6) is 2.25. The molecule has 3 heterocycles. The highest BCUT2D eigenvalue weighted by molar-refractivity contribution is 5.93. The topological polar surface area (TPSA) is 112 Å². The van der Waals surface area contributed by atoms with Crippen LogP contribution in [0.15, 0.2) is 36.7 Å². The molecular formula is C24H28N6O4. The molecule has 1 amide bonds. The van der Waals surface area contributed by atoms with Gasteiger partial charge >= 0.3 is 0 Å². The van der Waals surface area contributed by atoms with E-state index in [9.17, 15) is 4.79 Å². The van der Waals surface area contributed by atoms with E-state index in [0.29, 0.717) is 42.0 Å². The Labute approximate surface area is 198 Å². The van der Waals surface area contributed by atoms with Crippen LogP contribution in [0.1, 0.15) is 17.7 Å². The van der Waals surface area contributed by atoms with Crippen LogP contribution in [0, 0.1) is 0 Å². The summed E-state index contributed by atoms with van der Waals surface area (Å²) in [7, 11) is 5.03. The van der Waals surface area contributed by atoms with Crippen molar-refractivity contribution in [1.29, 1.82) is 0 Å². The summed E-state index contributed by atoms with van der Waals surface area (Å²) in [6.45, 7) is 1.07. The van der Waals surface area contributed by atoms with Crippen LogP contribution < -0.4 is 19.7 Å². The molecular weight excluding hydrogens is 436 g/mol. The number of ether oxygens (including phenoxy) is 3. The van der Waals surface area contributed by atoms with Gasteiger partial charge in [-0.2, -0.15) is 0 Å². The number of anilines is 2. The maximum Gasteiger partial charge on any atom is 0.243 e. The van der Waals surface area contributed by atoms with E-state index in [4.69, 9.17) is 24.2 Å². The number of likely N-dealkylation sites (N-methyl/N-ethyl adjacent to an activating group) is 1. The molecule has 0 aliphatic heterocycles. The largest absolute Gasteiger partial charge is 0.491 e. The molecule has 0 atom stereocenters. The van der Waals surface area contributed by atoms with Crippen LogP contribution in [0.5, 0.6) is 11.6 Å². The number of carbonyl (C=O) groups is 1. The van der Waals surface area contributed by atoms with E-state index in [0.717, 1.165) is 36.3 Å². The summed E-state index contributed by atoms with van der Waals surface area (Å²) in [5, 5.41) is 2.86. The minimum absolute atomic E-state index is 0.127. The average Bonchev–Trinajstić information content (AvgIpc) is 3.33. The molecule has 34 heavy (non-hydrogen) atoms. The van der Waals surface area contributed by atoms with Crippen molar-refractivity contribution >= 4 is 17.4 Å². The second kappa shape index (κ2) is 10.9. The third-order valence-electron chi connectivity index (χ3n) is 5.40. The normalized spacial score (nSPS) is 12.2. The molecule has 0 fully saturated rings. The molecule has 0 bridgehead atoms. The predicted octanol–water partition coefficient (Wildman–Crippen LogP) is 2.53. The Balaban J connectivity index is 1.52. The molecule has 0 saturated heterocycles.